The molecular weight excluding hydrogens is 370 g/mol. The maximum absolute atomic E-state index is 12.4. The smallest absolute Gasteiger partial charge is 0.255 e. The van der Waals surface area contributed by atoms with Gasteiger partial charge in [0.15, 0.2) is 0 Å². The minimum Gasteiger partial charge on any atom is -0.488 e. The van der Waals surface area contributed by atoms with Gasteiger partial charge in [-0.05, 0) is 31.0 Å². The van der Waals surface area contributed by atoms with Crippen LogP contribution in [0.4, 0.5) is 0 Å². The average Bonchev–Trinajstić information content (AvgIpc) is 3.13. The van der Waals surface area contributed by atoms with Gasteiger partial charge in [-0.1, -0.05) is 46.3 Å². The number of halogens is 1. The fourth-order valence-electron chi connectivity index (χ4n) is 2.66. The molecule has 24 heavy (non-hydrogen) atoms. The number of rotatable bonds is 6. The molecule has 0 saturated carbocycles. The van der Waals surface area contributed by atoms with E-state index in [0.29, 0.717) is 24.5 Å². The van der Waals surface area contributed by atoms with Gasteiger partial charge < -0.3 is 14.8 Å². The average molecular weight is 390 g/mol. The summed E-state index contributed by atoms with van der Waals surface area (Å²) in [6.45, 7) is 1.72. The number of carbonyl (C=O) groups excluding carboxylic acids is 1. The minimum atomic E-state index is -0.131. The van der Waals surface area contributed by atoms with Crippen LogP contribution in [-0.2, 0) is 11.3 Å². The van der Waals surface area contributed by atoms with E-state index < -0.39 is 0 Å². The standard InChI is InChI=1S/C19H20BrNO3/c20-17-9-3-1-6-14(17)13-24-18-10-4-2-8-16(18)19(22)21-12-15-7-5-11-23-15/h1-4,6,8-10,15H,5,7,11-13H2,(H,21,22). The summed E-state index contributed by atoms with van der Waals surface area (Å²) in [6, 6.07) is 15.2. The Labute approximate surface area is 150 Å². The van der Waals surface area contributed by atoms with Crippen molar-refractivity contribution in [2.24, 2.45) is 0 Å². The van der Waals surface area contributed by atoms with Crippen LogP contribution >= 0.6 is 15.9 Å². The van der Waals surface area contributed by atoms with Crippen LogP contribution in [0.5, 0.6) is 5.75 Å². The van der Waals surface area contributed by atoms with Gasteiger partial charge in [0, 0.05) is 23.2 Å². The molecule has 1 atom stereocenters. The van der Waals surface area contributed by atoms with Crippen molar-refractivity contribution in [3.05, 3.63) is 64.1 Å². The van der Waals surface area contributed by atoms with Crippen LogP contribution in [0.1, 0.15) is 28.8 Å². The van der Waals surface area contributed by atoms with Gasteiger partial charge in [0.2, 0.25) is 0 Å². The van der Waals surface area contributed by atoms with Crippen LogP contribution in [0, 0.1) is 0 Å². The summed E-state index contributed by atoms with van der Waals surface area (Å²) < 4.78 is 12.4. The molecule has 1 aliphatic heterocycles. The fraction of sp³-hybridized carbons (Fsp3) is 0.316. The van der Waals surface area contributed by atoms with Crippen molar-refractivity contribution < 1.29 is 14.3 Å². The second-order valence-electron chi connectivity index (χ2n) is 5.72. The lowest BCUT2D eigenvalue weighted by atomic mass is 10.1. The van der Waals surface area contributed by atoms with Gasteiger partial charge in [-0.2, -0.15) is 0 Å². The van der Waals surface area contributed by atoms with E-state index in [4.69, 9.17) is 9.47 Å². The lowest BCUT2D eigenvalue weighted by Crippen LogP contribution is -2.32. The van der Waals surface area contributed by atoms with Crippen LogP contribution < -0.4 is 10.1 Å². The molecule has 1 amide bonds. The molecule has 1 unspecified atom stereocenters. The molecule has 1 saturated heterocycles. The Morgan fingerprint density at radius 1 is 1.21 bits per heavy atom. The monoisotopic (exact) mass is 389 g/mol. The first-order chi connectivity index (χ1) is 11.7. The van der Waals surface area contributed by atoms with Crippen LogP contribution in [-0.4, -0.2) is 25.2 Å². The predicted molar refractivity (Wildman–Crippen MR) is 96.2 cm³/mol. The van der Waals surface area contributed by atoms with Gasteiger partial charge in [0.25, 0.3) is 5.91 Å². The van der Waals surface area contributed by atoms with Crippen LogP contribution in [0.2, 0.25) is 0 Å². The van der Waals surface area contributed by atoms with Crippen LogP contribution in [0.25, 0.3) is 0 Å². The summed E-state index contributed by atoms with van der Waals surface area (Å²) in [5, 5.41) is 2.94. The van der Waals surface area contributed by atoms with Crippen molar-refractivity contribution in [3.63, 3.8) is 0 Å². The molecule has 3 rings (SSSR count). The Balaban J connectivity index is 1.63. The third-order valence-corrected chi connectivity index (χ3v) is 4.76. The van der Waals surface area contributed by atoms with E-state index >= 15 is 0 Å². The van der Waals surface area contributed by atoms with E-state index in [-0.39, 0.29) is 12.0 Å². The Hall–Kier alpha value is -1.85. The Morgan fingerprint density at radius 3 is 2.79 bits per heavy atom. The topological polar surface area (TPSA) is 47.6 Å². The van der Waals surface area contributed by atoms with Gasteiger partial charge in [-0.25, -0.2) is 0 Å². The molecule has 0 spiro atoms. The zero-order valence-electron chi connectivity index (χ0n) is 13.3. The van der Waals surface area contributed by atoms with Crippen molar-refractivity contribution in [3.8, 4) is 5.75 Å². The zero-order chi connectivity index (χ0) is 16.8. The Morgan fingerprint density at radius 2 is 2.00 bits per heavy atom. The lowest BCUT2D eigenvalue weighted by molar-refractivity contribution is 0.0854. The van der Waals surface area contributed by atoms with Gasteiger partial charge in [0.05, 0.1) is 11.7 Å². The van der Waals surface area contributed by atoms with Crippen molar-refractivity contribution in [1.29, 1.82) is 0 Å². The summed E-state index contributed by atoms with van der Waals surface area (Å²) in [6.07, 6.45) is 2.19. The minimum absolute atomic E-state index is 0.127. The molecule has 4 nitrogen and oxygen atoms in total. The molecule has 1 N–H and O–H groups in total. The van der Waals surface area contributed by atoms with E-state index in [2.05, 4.69) is 21.2 Å². The molecule has 5 heteroatoms. The van der Waals surface area contributed by atoms with E-state index in [1.54, 1.807) is 6.07 Å². The molecule has 0 radical (unpaired) electrons. The third kappa shape index (κ3) is 4.36. The maximum atomic E-state index is 12.4. The van der Waals surface area contributed by atoms with Crippen molar-refractivity contribution in [1.82, 2.24) is 5.32 Å². The van der Waals surface area contributed by atoms with Gasteiger partial charge >= 0.3 is 0 Å². The summed E-state index contributed by atoms with van der Waals surface area (Å²) in [4.78, 5) is 12.4. The second kappa shape index (κ2) is 8.31. The highest BCUT2D eigenvalue weighted by atomic mass is 79.9. The normalized spacial score (nSPS) is 16.8. The first-order valence-electron chi connectivity index (χ1n) is 8.09. The highest BCUT2D eigenvalue weighted by Gasteiger charge is 2.18. The first-order valence-corrected chi connectivity index (χ1v) is 8.88. The summed E-state index contributed by atoms with van der Waals surface area (Å²) in [7, 11) is 0. The SMILES string of the molecule is O=C(NCC1CCCO1)c1ccccc1OCc1ccccc1Br. The second-order valence-corrected chi connectivity index (χ2v) is 6.58. The number of carbonyl (C=O) groups is 1. The van der Waals surface area contributed by atoms with Crippen LogP contribution in [0.3, 0.4) is 0 Å². The predicted octanol–water partition coefficient (Wildman–Crippen LogP) is 3.94. The third-order valence-electron chi connectivity index (χ3n) is 3.99. The molecule has 126 valence electrons. The molecule has 2 aromatic rings. The van der Waals surface area contributed by atoms with Crippen molar-refractivity contribution >= 4 is 21.8 Å². The van der Waals surface area contributed by atoms with Crippen molar-refractivity contribution in [2.45, 2.75) is 25.6 Å². The first kappa shape index (κ1) is 17.0. The zero-order valence-corrected chi connectivity index (χ0v) is 14.9. The van der Waals surface area contributed by atoms with Gasteiger partial charge in [0.1, 0.15) is 12.4 Å². The number of nitrogens with one attached hydrogen (secondary N) is 1. The largest absolute Gasteiger partial charge is 0.488 e. The maximum Gasteiger partial charge on any atom is 0.255 e. The van der Waals surface area contributed by atoms with E-state index in [1.807, 2.05) is 42.5 Å². The Kier molecular flexibility index (Phi) is 5.88. The summed E-state index contributed by atoms with van der Waals surface area (Å²) in [5.74, 6) is 0.450. The summed E-state index contributed by atoms with van der Waals surface area (Å²) in [5.41, 5.74) is 1.58. The van der Waals surface area contributed by atoms with E-state index in [1.165, 1.54) is 0 Å². The van der Waals surface area contributed by atoms with Gasteiger partial charge in [-0.15, -0.1) is 0 Å². The number of amides is 1. The number of ether oxygens (including phenoxy) is 2. The molecule has 1 fully saturated rings. The quantitative estimate of drug-likeness (QED) is 0.813. The number of hydrogen-bond donors (Lipinski definition) is 1. The van der Waals surface area contributed by atoms with Crippen LogP contribution in [0.15, 0.2) is 53.0 Å². The number of para-hydroxylation sites is 1. The lowest BCUT2D eigenvalue weighted by Gasteiger charge is -2.14. The highest BCUT2D eigenvalue weighted by Crippen LogP contribution is 2.22. The molecule has 0 aliphatic carbocycles. The fourth-order valence-corrected chi connectivity index (χ4v) is 3.06. The molecule has 2 aromatic carbocycles. The summed E-state index contributed by atoms with van der Waals surface area (Å²) >= 11 is 3.51. The number of benzene rings is 2. The highest BCUT2D eigenvalue weighted by molar-refractivity contribution is 9.10. The Bertz CT molecular complexity index is 699. The molecular formula is C19H20BrNO3. The molecule has 0 aromatic heterocycles. The van der Waals surface area contributed by atoms with E-state index in [9.17, 15) is 4.79 Å². The number of hydrogen-bond acceptors (Lipinski definition) is 3. The van der Waals surface area contributed by atoms with E-state index in [0.717, 1.165) is 29.5 Å². The molecule has 1 heterocycles. The molecule has 1 aliphatic rings. The van der Waals surface area contributed by atoms with Crippen molar-refractivity contribution in [2.75, 3.05) is 13.2 Å². The van der Waals surface area contributed by atoms with Gasteiger partial charge in [-0.3, -0.25) is 4.79 Å². The molecule has 0 bridgehead atoms.